The third kappa shape index (κ3) is 3.04. The molecule has 0 bridgehead atoms. The van der Waals surface area contributed by atoms with Crippen molar-refractivity contribution in [1.82, 2.24) is 9.78 Å². The molecule has 1 aromatic heterocycles. The number of nitrogens with two attached hydrogens (primary N) is 1. The highest BCUT2D eigenvalue weighted by atomic mass is 16.5. The van der Waals surface area contributed by atoms with Crippen LogP contribution in [0.5, 0.6) is 0 Å². The summed E-state index contributed by atoms with van der Waals surface area (Å²) in [6.07, 6.45) is 0.645. The van der Waals surface area contributed by atoms with Crippen LogP contribution in [-0.2, 0) is 16.0 Å². The van der Waals surface area contributed by atoms with E-state index in [2.05, 4.69) is 14.6 Å². The summed E-state index contributed by atoms with van der Waals surface area (Å²) in [5.74, 6) is -1.15. The zero-order chi connectivity index (χ0) is 12.8. The summed E-state index contributed by atoms with van der Waals surface area (Å²) >= 11 is 0. The number of hydrogen-bond donors (Lipinski definition) is 1. The molecule has 2 N–H and O–H groups in total. The second-order valence-electron chi connectivity index (χ2n) is 3.26. The van der Waals surface area contributed by atoms with Gasteiger partial charge in [0, 0.05) is 12.6 Å². The Hall–Kier alpha value is -1.89. The first-order chi connectivity index (χ1) is 8.13. The summed E-state index contributed by atoms with van der Waals surface area (Å²) in [4.78, 5) is 22.7. The van der Waals surface area contributed by atoms with Crippen molar-refractivity contribution in [3.8, 4) is 0 Å². The first-order valence-electron chi connectivity index (χ1n) is 5.08. The van der Waals surface area contributed by atoms with Gasteiger partial charge in [-0.2, -0.15) is 5.10 Å². The molecule has 1 aromatic rings. The Kier molecular flexibility index (Phi) is 4.65. The number of aryl methyl sites for hydroxylation is 1. The van der Waals surface area contributed by atoms with Crippen LogP contribution in [0.25, 0.3) is 0 Å². The maximum Gasteiger partial charge on any atom is 0.358 e. The third-order valence-electron chi connectivity index (χ3n) is 2.14. The van der Waals surface area contributed by atoms with Crippen molar-refractivity contribution in [2.75, 3.05) is 20.8 Å². The Bertz CT molecular complexity index is 414. The number of hydrogen-bond acceptors (Lipinski definition) is 6. The molecule has 0 aliphatic rings. The van der Waals surface area contributed by atoms with Crippen LogP contribution in [0.1, 0.15) is 27.4 Å². The second-order valence-corrected chi connectivity index (χ2v) is 3.26. The van der Waals surface area contributed by atoms with Crippen LogP contribution in [0.2, 0.25) is 0 Å². The van der Waals surface area contributed by atoms with Crippen LogP contribution in [0, 0.1) is 0 Å². The van der Waals surface area contributed by atoms with Gasteiger partial charge in [0.2, 0.25) is 0 Å². The number of carbonyl (C=O) groups is 2. The molecule has 0 saturated carbocycles. The first kappa shape index (κ1) is 13.2. The predicted octanol–water partition coefficient (Wildman–Crippen LogP) is -0.195. The van der Waals surface area contributed by atoms with Crippen LogP contribution in [-0.4, -0.2) is 42.5 Å². The second kappa shape index (κ2) is 6.00. The summed E-state index contributed by atoms with van der Waals surface area (Å²) < 4.78 is 10.5. The van der Waals surface area contributed by atoms with E-state index < -0.39 is 11.9 Å². The van der Waals surface area contributed by atoms with Gasteiger partial charge in [0.25, 0.3) is 0 Å². The van der Waals surface area contributed by atoms with E-state index in [1.54, 1.807) is 0 Å². The molecule has 1 heterocycles. The van der Waals surface area contributed by atoms with Crippen molar-refractivity contribution in [1.29, 1.82) is 0 Å². The zero-order valence-corrected chi connectivity index (χ0v) is 9.80. The third-order valence-corrected chi connectivity index (χ3v) is 2.14. The van der Waals surface area contributed by atoms with E-state index in [1.807, 2.05) is 0 Å². The molecule has 0 saturated heterocycles. The van der Waals surface area contributed by atoms with Gasteiger partial charge in [-0.3, -0.25) is 4.68 Å². The minimum absolute atomic E-state index is 0.0740. The Morgan fingerprint density at radius 1 is 1.35 bits per heavy atom. The molecule has 0 aliphatic heterocycles. The smallest absolute Gasteiger partial charge is 0.358 e. The lowest BCUT2D eigenvalue weighted by Crippen LogP contribution is -2.14. The molecule has 0 spiro atoms. The Morgan fingerprint density at radius 3 is 2.53 bits per heavy atom. The molecule has 0 amide bonds. The highest BCUT2D eigenvalue weighted by Crippen LogP contribution is 2.08. The van der Waals surface area contributed by atoms with Gasteiger partial charge in [0.15, 0.2) is 5.69 Å². The van der Waals surface area contributed by atoms with Gasteiger partial charge < -0.3 is 15.2 Å². The van der Waals surface area contributed by atoms with E-state index in [1.165, 1.54) is 25.0 Å². The monoisotopic (exact) mass is 241 g/mol. The van der Waals surface area contributed by atoms with E-state index in [-0.39, 0.29) is 11.4 Å². The molecule has 0 radical (unpaired) electrons. The van der Waals surface area contributed by atoms with Crippen molar-refractivity contribution in [3.05, 3.63) is 17.5 Å². The number of methoxy groups -OCH3 is 2. The van der Waals surface area contributed by atoms with Crippen molar-refractivity contribution in [2.24, 2.45) is 5.73 Å². The number of esters is 2. The summed E-state index contributed by atoms with van der Waals surface area (Å²) in [6, 6.07) is 1.34. The number of ether oxygens (including phenoxy) is 2. The van der Waals surface area contributed by atoms with Crippen LogP contribution in [0.15, 0.2) is 6.07 Å². The largest absolute Gasteiger partial charge is 0.464 e. The van der Waals surface area contributed by atoms with Gasteiger partial charge in [0.1, 0.15) is 5.69 Å². The quantitative estimate of drug-likeness (QED) is 0.717. The number of aromatic nitrogens is 2. The van der Waals surface area contributed by atoms with Crippen molar-refractivity contribution in [3.63, 3.8) is 0 Å². The van der Waals surface area contributed by atoms with Gasteiger partial charge in [-0.1, -0.05) is 0 Å². The standard InChI is InChI=1S/C10H15N3O4/c1-16-9(14)7-6-8(10(15)17-2)13(12-7)5-3-4-11/h6H,3-5,11H2,1-2H3. The molecule has 0 aromatic carbocycles. The molecule has 7 nitrogen and oxygen atoms in total. The number of nitrogens with zero attached hydrogens (tertiary/aromatic N) is 2. The molecule has 1 rings (SSSR count). The lowest BCUT2D eigenvalue weighted by molar-refractivity contribution is 0.0580. The number of carbonyl (C=O) groups excluding carboxylic acids is 2. The molecule has 0 fully saturated rings. The SMILES string of the molecule is COC(=O)c1cc(C(=O)OC)n(CCCN)n1. The van der Waals surface area contributed by atoms with E-state index in [9.17, 15) is 9.59 Å². The van der Waals surface area contributed by atoms with Crippen molar-refractivity contribution >= 4 is 11.9 Å². The minimum atomic E-state index is -0.596. The molecule has 94 valence electrons. The Labute approximate surface area is 98.5 Å². The van der Waals surface area contributed by atoms with E-state index in [4.69, 9.17) is 5.73 Å². The normalized spacial score (nSPS) is 10.1. The predicted molar refractivity (Wildman–Crippen MR) is 58.6 cm³/mol. The van der Waals surface area contributed by atoms with Gasteiger partial charge in [-0.25, -0.2) is 9.59 Å². The highest BCUT2D eigenvalue weighted by Gasteiger charge is 2.19. The minimum Gasteiger partial charge on any atom is -0.464 e. The summed E-state index contributed by atoms with van der Waals surface area (Å²) in [6.45, 7) is 0.909. The highest BCUT2D eigenvalue weighted by molar-refractivity contribution is 5.93. The van der Waals surface area contributed by atoms with Crippen LogP contribution in [0.4, 0.5) is 0 Å². The van der Waals surface area contributed by atoms with Gasteiger partial charge in [0.05, 0.1) is 14.2 Å². The van der Waals surface area contributed by atoms with Crippen LogP contribution in [0.3, 0.4) is 0 Å². The van der Waals surface area contributed by atoms with Gasteiger partial charge >= 0.3 is 11.9 Å². The summed E-state index contributed by atoms with van der Waals surface area (Å²) in [5.41, 5.74) is 5.66. The molecule has 0 unspecified atom stereocenters. The fourth-order valence-electron chi connectivity index (χ4n) is 1.30. The van der Waals surface area contributed by atoms with Crippen molar-refractivity contribution < 1.29 is 19.1 Å². The maximum atomic E-state index is 11.5. The molecule has 17 heavy (non-hydrogen) atoms. The van der Waals surface area contributed by atoms with Crippen LogP contribution >= 0.6 is 0 Å². The average Bonchev–Trinajstić information content (AvgIpc) is 2.78. The fourth-order valence-corrected chi connectivity index (χ4v) is 1.30. The van der Waals surface area contributed by atoms with E-state index in [0.717, 1.165) is 0 Å². The zero-order valence-electron chi connectivity index (χ0n) is 9.80. The van der Waals surface area contributed by atoms with E-state index >= 15 is 0 Å². The molecule has 0 aliphatic carbocycles. The maximum absolute atomic E-state index is 11.5. The molecule has 7 heteroatoms. The average molecular weight is 241 g/mol. The van der Waals surface area contributed by atoms with Crippen LogP contribution < -0.4 is 5.73 Å². The lowest BCUT2D eigenvalue weighted by atomic mass is 10.3. The van der Waals surface area contributed by atoms with Gasteiger partial charge in [-0.15, -0.1) is 0 Å². The van der Waals surface area contributed by atoms with Gasteiger partial charge in [-0.05, 0) is 13.0 Å². The summed E-state index contributed by atoms with van der Waals surface area (Å²) in [7, 11) is 2.51. The molecule has 0 atom stereocenters. The molecular formula is C10H15N3O4. The lowest BCUT2D eigenvalue weighted by Gasteiger charge is -2.03. The molecular weight excluding hydrogens is 226 g/mol. The van der Waals surface area contributed by atoms with Crippen molar-refractivity contribution in [2.45, 2.75) is 13.0 Å². The summed E-state index contributed by atoms with van der Waals surface area (Å²) in [5, 5.41) is 3.97. The Morgan fingerprint density at radius 2 is 2.00 bits per heavy atom. The topological polar surface area (TPSA) is 96.4 Å². The van der Waals surface area contributed by atoms with E-state index in [0.29, 0.717) is 19.5 Å². The Balaban J connectivity index is 3.02. The first-order valence-corrected chi connectivity index (χ1v) is 5.08. The fraction of sp³-hybridized carbons (Fsp3) is 0.500. The number of rotatable bonds is 5.